The van der Waals surface area contributed by atoms with E-state index < -0.39 is 5.97 Å². The monoisotopic (exact) mass is 256 g/mol. The minimum atomic E-state index is -0.987. The van der Waals surface area contributed by atoms with Gasteiger partial charge in [-0.2, -0.15) is 0 Å². The minimum Gasteiger partial charge on any atom is -0.480 e. The molecule has 2 amide bonds. The van der Waals surface area contributed by atoms with Crippen LogP contribution in [0.3, 0.4) is 0 Å². The average molecular weight is 256 g/mol. The third-order valence-electron chi connectivity index (χ3n) is 2.79. The van der Waals surface area contributed by atoms with Crippen LogP contribution in [0.2, 0.25) is 0 Å². The van der Waals surface area contributed by atoms with Gasteiger partial charge in [0, 0.05) is 19.1 Å². The second kappa shape index (κ2) is 8.55. The zero-order valence-corrected chi connectivity index (χ0v) is 11.6. The van der Waals surface area contributed by atoms with Gasteiger partial charge in [0.25, 0.3) is 0 Å². The lowest BCUT2D eigenvalue weighted by atomic mass is 10.2. The fourth-order valence-corrected chi connectivity index (χ4v) is 1.65. The van der Waals surface area contributed by atoms with Gasteiger partial charge in [-0.3, -0.25) is 4.79 Å². The molecule has 0 saturated carbocycles. The number of carboxylic acid groups (broad SMARTS) is 1. The summed E-state index contributed by atoms with van der Waals surface area (Å²) in [6, 6.07) is -0.314. The zero-order valence-electron chi connectivity index (χ0n) is 11.6. The van der Waals surface area contributed by atoms with Crippen LogP contribution in [0.5, 0.6) is 0 Å². The summed E-state index contributed by atoms with van der Waals surface area (Å²) in [7, 11) is 0. The molecule has 5 nitrogen and oxygen atoms in total. The van der Waals surface area contributed by atoms with Gasteiger partial charge in [0.05, 0.1) is 0 Å². The van der Waals surface area contributed by atoms with Gasteiger partial charge in [0.15, 0.2) is 0 Å². The molecule has 0 aliphatic rings. The van der Waals surface area contributed by atoms with Crippen molar-refractivity contribution in [2.45, 2.75) is 39.7 Å². The van der Waals surface area contributed by atoms with Gasteiger partial charge in [-0.1, -0.05) is 19.9 Å². The molecule has 0 rings (SSSR count). The molecule has 0 saturated heterocycles. The lowest BCUT2D eigenvalue weighted by Crippen LogP contribution is -2.49. The molecule has 1 unspecified atom stereocenters. The fourth-order valence-electron chi connectivity index (χ4n) is 1.65. The van der Waals surface area contributed by atoms with Crippen molar-refractivity contribution < 1.29 is 14.7 Å². The standard InChI is InChI=1S/C13H24N2O3/c1-5-8-14(9-6-2)13(18)15(10-12(16)17)11(4)7-3/h5,11H,1,6-10H2,2-4H3,(H,16,17). The van der Waals surface area contributed by atoms with E-state index in [1.54, 1.807) is 11.0 Å². The van der Waals surface area contributed by atoms with E-state index in [1.165, 1.54) is 4.90 Å². The normalized spacial score (nSPS) is 11.7. The van der Waals surface area contributed by atoms with E-state index in [0.717, 1.165) is 12.8 Å². The summed E-state index contributed by atoms with van der Waals surface area (Å²) < 4.78 is 0. The molecular weight excluding hydrogens is 232 g/mol. The molecule has 0 aromatic heterocycles. The predicted molar refractivity (Wildman–Crippen MR) is 71.6 cm³/mol. The zero-order chi connectivity index (χ0) is 14.1. The number of hydrogen-bond donors (Lipinski definition) is 1. The SMILES string of the molecule is C=CCN(CCC)C(=O)N(CC(=O)O)C(C)CC. The molecule has 0 aromatic rings. The third kappa shape index (κ3) is 5.21. The number of carboxylic acids is 1. The van der Waals surface area contributed by atoms with E-state index in [2.05, 4.69) is 6.58 Å². The van der Waals surface area contributed by atoms with Crippen molar-refractivity contribution in [2.75, 3.05) is 19.6 Å². The maximum Gasteiger partial charge on any atom is 0.323 e. The summed E-state index contributed by atoms with van der Waals surface area (Å²) in [6.45, 7) is 10.2. The van der Waals surface area contributed by atoms with Gasteiger partial charge in [0.1, 0.15) is 6.54 Å². The molecule has 18 heavy (non-hydrogen) atoms. The van der Waals surface area contributed by atoms with Gasteiger partial charge >= 0.3 is 12.0 Å². The fraction of sp³-hybridized carbons (Fsp3) is 0.692. The number of carbonyl (C=O) groups excluding carboxylic acids is 1. The van der Waals surface area contributed by atoms with Gasteiger partial charge in [-0.15, -0.1) is 6.58 Å². The highest BCUT2D eigenvalue weighted by molar-refractivity contribution is 5.80. The first-order valence-corrected chi connectivity index (χ1v) is 6.36. The maximum absolute atomic E-state index is 12.3. The number of carbonyl (C=O) groups is 2. The summed E-state index contributed by atoms with van der Waals surface area (Å²) in [4.78, 5) is 26.2. The van der Waals surface area contributed by atoms with Crippen LogP contribution in [0.4, 0.5) is 4.79 Å². The number of urea groups is 1. The average Bonchev–Trinajstić information content (AvgIpc) is 2.33. The Morgan fingerprint density at radius 3 is 2.39 bits per heavy atom. The Morgan fingerprint density at radius 2 is 2.00 bits per heavy atom. The van der Waals surface area contributed by atoms with Crippen LogP contribution in [0.15, 0.2) is 12.7 Å². The molecule has 0 aromatic carbocycles. The highest BCUT2D eigenvalue weighted by Crippen LogP contribution is 2.08. The van der Waals surface area contributed by atoms with E-state index >= 15 is 0 Å². The predicted octanol–water partition coefficient (Wildman–Crippen LogP) is 2.19. The molecule has 0 bridgehead atoms. The van der Waals surface area contributed by atoms with E-state index in [-0.39, 0.29) is 18.6 Å². The molecule has 0 heterocycles. The Morgan fingerprint density at radius 1 is 1.39 bits per heavy atom. The summed E-state index contributed by atoms with van der Waals surface area (Å²) in [5.41, 5.74) is 0. The Bertz CT molecular complexity index is 292. The van der Waals surface area contributed by atoms with E-state index in [4.69, 9.17) is 5.11 Å². The van der Waals surface area contributed by atoms with Gasteiger partial charge < -0.3 is 14.9 Å². The first-order chi connectivity index (χ1) is 8.47. The van der Waals surface area contributed by atoms with Gasteiger partial charge in [-0.05, 0) is 19.8 Å². The molecule has 0 radical (unpaired) electrons. The molecule has 104 valence electrons. The quantitative estimate of drug-likeness (QED) is 0.677. The number of aliphatic carboxylic acids is 1. The maximum atomic E-state index is 12.3. The van der Waals surface area contributed by atoms with Crippen molar-refractivity contribution >= 4 is 12.0 Å². The number of rotatable bonds is 8. The van der Waals surface area contributed by atoms with Crippen molar-refractivity contribution in [1.29, 1.82) is 0 Å². The molecular formula is C13H24N2O3. The number of nitrogens with zero attached hydrogens (tertiary/aromatic N) is 2. The first-order valence-electron chi connectivity index (χ1n) is 6.36. The van der Waals surface area contributed by atoms with Crippen LogP contribution in [0.25, 0.3) is 0 Å². The van der Waals surface area contributed by atoms with Gasteiger partial charge in [0.2, 0.25) is 0 Å². The summed E-state index contributed by atoms with van der Waals surface area (Å²) in [6.07, 6.45) is 3.22. The summed E-state index contributed by atoms with van der Waals surface area (Å²) in [5.74, 6) is -0.987. The smallest absolute Gasteiger partial charge is 0.323 e. The highest BCUT2D eigenvalue weighted by atomic mass is 16.4. The Balaban J connectivity index is 4.88. The van der Waals surface area contributed by atoms with Crippen LogP contribution >= 0.6 is 0 Å². The van der Waals surface area contributed by atoms with Crippen molar-refractivity contribution in [1.82, 2.24) is 9.80 Å². The van der Waals surface area contributed by atoms with E-state index in [1.807, 2.05) is 20.8 Å². The Kier molecular flexibility index (Phi) is 7.83. The van der Waals surface area contributed by atoms with E-state index in [9.17, 15) is 9.59 Å². The number of hydrogen-bond acceptors (Lipinski definition) is 2. The molecule has 1 atom stereocenters. The second-order valence-electron chi connectivity index (χ2n) is 4.30. The third-order valence-corrected chi connectivity index (χ3v) is 2.79. The molecule has 0 spiro atoms. The summed E-state index contributed by atoms with van der Waals surface area (Å²) in [5, 5.41) is 8.89. The lowest BCUT2D eigenvalue weighted by Gasteiger charge is -2.32. The van der Waals surface area contributed by atoms with Crippen molar-refractivity contribution in [3.05, 3.63) is 12.7 Å². The molecule has 0 aliphatic carbocycles. The highest BCUT2D eigenvalue weighted by Gasteiger charge is 2.25. The van der Waals surface area contributed by atoms with Crippen LogP contribution in [-0.4, -0.2) is 52.6 Å². The topological polar surface area (TPSA) is 60.9 Å². The molecule has 0 aliphatic heterocycles. The Labute approximate surface area is 109 Å². The summed E-state index contributed by atoms with van der Waals surface area (Å²) >= 11 is 0. The second-order valence-corrected chi connectivity index (χ2v) is 4.30. The molecule has 0 fully saturated rings. The van der Waals surface area contributed by atoms with Crippen molar-refractivity contribution in [2.24, 2.45) is 0 Å². The molecule has 5 heteroatoms. The lowest BCUT2D eigenvalue weighted by molar-refractivity contribution is -0.138. The first kappa shape index (κ1) is 16.5. The van der Waals surface area contributed by atoms with Crippen LogP contribution in [-0.2, 0) is 4.79 Å². The van der Waals surface area contributed by atoms with Crippen LogP contribution in [0.1, 0.15) is 33.6 Å². The Hall–Kier alpha value is -1.52. The van der Waals surface area contributed by atoms with Gasteiger partial charge in [-0.25, -0.2) is 4.79 Å². The number of amides is 2. The van der Waals surface area contributed by atoms with Crippen LogP contribution < -0.4 is 0 Å². The van der Waals surface area contributed by atoms with E-state index in [0.29, 0.717) is 13.1 Å². The van der Waals surface area contributed by atoms with Crippen molar-refractivity contribution in [3.63, 3.8) is 0 Å². The largest absolute Gasteiger partial charge is 0.480 e. The molecule has 1 N–H and O–H groups in total. The minimum absolute atomic E-state index is 0.0854. The van der Waals surface area contributed by atoms with Crippen LogP contribution in [0, 0.1) is 0 Å². The van der Waals surface area contributed by atoms with Crippen molar-refractivity contribution in [3.8, 4) is 0 Å².